The van der Waals surface area contributed by atoms with E-state index in [1.54, 1.807) is 11.8 Å². The molecule has 0 radical (unpaired) electrons. The van der Waals surface area contributed by atoms with Crippen molar-refractivity contribution in [3.05, 3.63) is 29.8 Å². The molecule has 1 aliphatic heterocycles. The first-order valence-corrected chi connectivity index (χ1v) is 6.65. The van der Waals surface area contributed by atoms with E-state index in [0.717, 1.165) is 25.2 Å². The number of nitrogens with one attached hydrogen (secondary N) is 2. The summed E-state index contributed by atoms with van der Waals surface area (Å²) < 4.78 is 0. The first kappa shape index (κ1) is 14.4. The smallest absolute Gasteiger partial charge is 0.251 e. The van der Waals surface area contributed by atoms with E-state index in [4.69, 9.17) is 0 Å². The molecule has 2 N–H and O–H groups in total. The van der Waals surface area contributed by atoms with Gasteiger partial charge in [-0.15, -0.1) is 24.2 Å². The maximum Gasteiger partial charge on any atom is 0.251 e. The third-order valence-electron chi connectivity index (χ3n) is 2.77. The van der Waals surface area contributed by atoms with Crippen molar-refractivity contribution < 1.29 is 4.79 Å². The van der Waals surface area contributed by atoms with Gasteiger partial charge in [-0.3, -0.25) is 4.79 Å². The van der Waals surface area contributed by atoms with E-state index in [1.807, 2.05) is 30.5 Å². The Kier molecular flexibility index (Phi) is 5.82. The summed E-state index contributed by atoms with van der Waals surface area (Å²) in [6.45, 7) is 2.81. The summed E-state index contributed by atoms with van der Waals surface area (Å²) in [6, 6.07) is 7.70. The maximum atomic E-state index is 11.8. The van der Waals surface area contributed by atoms with Crippen molar-refractivity contribution in [3.8, 4) is 0 Å². The second-order valence-electron chi connectivity index (χ2n) is 3.96. The van der Waals surface area contributed by atoms with Gasteiger partial charge in [0.25, 0.3) is 5.91 Å². The Bertz CT molecular complexity index is 365. The monoisotopic (exact) mass is 272 g/mol. The molecule has 1 heterocycles. The van der Waals surface area contributed by atoms with Gasteiger partial charge < -0.3 is 10.6 Å². The molecule has 0 bridgehead atoms. The number of hydrogen-bond acceptors (Lipinski definition) is 3. The minimum Gasteiger partial charge on any atom is -0.352 e. The van der Waals surface area contributed by atoms with Gasteiger partial charge in [0.2, 0.25) is 0 Å². The van der Waals surface area contributed by atoms with E-state index in [0.29, 0.717) is 5.92 Å². The molecule has 0 aromatic heterocycles. The van der Waals surface area contributed by atoms with Gasteiger partial charge in [0.1, 0.15) is 0 Å². The van der Waals surface area contributed by atoms with E-state index in [2.05, 4.69) is 10.6 Å². The molecule has 17 heavy (non-hydrogen) atoms. The number of thioether (sulfide) groups is 1. The van der Waals surface area contributed by atoms with Gasteiger partial charge in [-0.05, 0) is 30.5 Å². The van der Waals surface area contributed by atoms with Crippen LogP contribution in [0, 0.1) is 5.92 Å². The lowest BCUT2D eigenvalue weighted by Crippen LogP contribution is -2.48. The summed E-state index contributed by atoms with van der Waals surface area (Å²) in [5.41, 5.74) is 0.741. The van der Waals surface area contributed by atoms with Crippen molar-refractivity contribution >= 4 is 30.1 Å². The van der Waals surface area contributed by atoms with Gasteiger partial charge in [0.05, 0.1) is 0 Å². The largest absolute Gasteiger partial charge is 0.352 e. The lowest BCUT2D eigenvalue weighted by molar-refractivity contribution is 0.0942. The van der Waals surface area contributed by atoms with Crippen LogP contribution in [0.1, 0.15) is 10.4 Å². The quantitative estimate of drug-likeness (QED) is 0.821. The minimum absolute atomic E-state index is 0. The van der Waals surface area contributed by atoms with Crippen molar-refractivity contribution in [1.82, 2.24) is 10.6 Å². The molecule has 0 saturated carbocycles. The minimum atomic E-state index is 0. The van der Waals surface area contributed by atoms with Gasteiger partial charge in [-0.1, -0.05) is 0 Å². The van der Waals surface area contributed by atoms with Crippen LogP contribution in [0.3, 0.4) is 0 Å². The molecule has 0 atom stereocenters. The average molecular weight is 273 g/mol. The predicted octanol–water partition coefficient (Wildman–Crippen LogP) is 1.78. The predicted molar refractivity (Wildman–Crippen MR) is 74.2 cm³/mol. The number of benzene rings is 1. The number of halogens is 1. The third kappa shape index (κ3) is 3.91. The number of rotatable bonds is 4. The zero-order valence-corrected chi connectivity index (χ0v) is 11.4. The van der Waals surface area contributed by atoms with Crippen molar-refractivity contribution in [2.45, 2.75) is 4.90 Å². The molecule has 1 aliphatic rings. The van der Waals surface area contributed by atoms with E-state index >= 15 is 0 Å². The van der Waals surface area contributed by atoms with Crippen LogP contribution in [0.4, 0.5) is 0 Å². The summed E-state index contributed by atoms with van der Waals surface area (Å²) in [6.07, 6.45) is 2.03. The van der Waals surface area contributed by atoms with E-state index < -0.39 is 0 Å². The van der Waals surface area contributed by atoms with Crippen LogP contribution in [0.25, 0.3) is 0 Å². The van der Waals surface area contributed by atoms with Crippen LogP contribution in [-0.2, 0) is 0 Å². The fraction of sp³-hybridized carbons (Fsp3) is 0.417. The third-order valence-corrected chi connectivity index (χ3v) is 3.51. The molecule has 1 saturated heterocycles. The Labute approximate surface area is 112 Å². The van der Waals surface area contributed by atoms with E-state index in [-0.39, 0.29) is 18.3 Å². The number of amides is 1. The lowest BCUT2D eigenvalue weighted by atomic mass is 10.0. The Balaban J connectivity index is 0.00000144. The van der Waals surface area contributed by atoms with Crippen molar-refractivity contribution in [1.29, 1.82) is 0 Å². The van der Waals surface area contributed by atoms with Crippen LogP contribution in [0.2, 0.25) is 0 Å². The highest BCUT2D eigenvalue weighted by molar-refractivity contribution is 7.98. The summed E-state index contributed by atoms with van der Waals surface area (Å²) in [5.74, 6) is 0.633. The Morgan fingerprint density at radius 3 is 2.53 bits per heavy atom. The molecular formula is C12H17ClN2OS. The molecule has 94 valence electrons. The maximum absolute atomic E-state index is 11.8. The number of hydrogen-bond donors (Lipinski definition) is 2. The standard InChI is InChI=1S/C12H16N2OS.ClH/c1-16-11-4-2-10(3-5-11)12(15)14-8-9-6-13-7-9;/h2-5,9,13H,6-8H2,1H3,(H,14,15);1H. The van der Waals surface area contributed by atoms with Crippen molar-refractivity contribution in [2.24, 2.45) is 5.92 Å². The first-order chi connectivity index (χ1) is 7.79. The number of carbonyl (C=O) groups is 1. The van der Waals surface area contributed by atoms with Crippen LogP contribution in [-0.4, -0.2) is 31.8 Å². The van der Waals surface area contributed by atoms with Gasteiger partial charge in [-0.25, -0.2) is 0 Å². The van der Waals surface area contributed by atoms with Gasteiger partial charge in [0, 0.05) is 36.0 Å². The second kappa shape index (κ2) is 6.89. The summed E-state index contributed by atoms with van der Waals surface area (Å²) in [7, 11) is 0. The zero-order chi connectivity index (χ0) is 11.4. The van der Waals surface area contributed by atoms with Gasteiger partial charge in [-0.2, -0.15) is 0 Å². The van der Waals surface area contributed by atoms with Gasteiger partial charge in [0.15, 0.2) is 0 Å². The van der Waals surface area contributed by atoms with E-state index in [1.165, 1.54) is 4.90 Å². The highest BCUT2D eigenvalue weighted by Gasteiger charge is 2.17. The fourth-order valence-electron chi connectivity index (χ4n) is 1.57. The molecule has 2 rings (SSSR count). The fourth-order valence-corrected chi connectivity index (χ4v) is 1.98. The van der Waals surface area contributed by atoms with Crippen LogP contribution in [0.5, 0.6) is 0 Å². The van der Waals surface area contributed by atoms with Crippen LogP contribution in [0.15, 0.2) is 29.2 Å². The highest BCUT2D eigenvalue weighted by atomic mass is 35.5. The molecule has 1 aromatic rings. The lowest BCUT2D eigenvalue weighted by Gasteiger charge is -2.27. The Morgan fingerprint density at radius 2 is 2.06 bits per heavy atom. The van der Waals surface area contributed by atoms with Crippen molar-refractivity contribution in [3.63, 3.8) is 0 Å². The SMILES string of the molecule is CSc1ccc(C(=O)NCC2CNC2)cc1.Cl. The second-order valence-corrected chi connectivity index (χ2v) is 4.84. The highest BCUT2D eigenvalue weighted by Crippen LogP contribution is 2.14. The molecule has 0 spiro atoms. The first-order valence-electron chi connectivity index (χ1n) is 5.42. The Morgan fingerprint density at radius 1 is 1.41 bits per heavy atom. The molecule has 0 unspecified atom stereocenters. The average Bonchev–Trinajstić information content (AvgIpc) is 2.27. The molecular weight excluding hydrogens is 256 g/mol. The molecule has 1 aromatic carbocycles. The topological polar surface area (TPSA) is 41.1 Å². The molecule has 1 amide bonds. The molecule has 0 aliphatic carbocycles. The van der Waals surface area contributed by atoms with Gasteiger partial charge >= 0.3 is 0 Å². The summed E-state index contributed by atoms with van der Waals surface area (Å²) in [4.78, 5) is 12.9. The normalized spacial score (nSPS) is 14.6. The molecule has 3 nitrogen and oxygen atoms in total. The summed E-state index contributed by atoms with van der Waals surface area (Å²) in [5, 5.41) is 6.14. The summed E-state index contributed by atoms with van der Waals surface area (Å²) >= 11 is 1.68. The molecule has 5 heteroatoms. The van der Waals surface area contributed by atoms with Crippen LogP contribution < -0.4 is 10.6 Å². The van der Waals surface area contributed by atoms with E-state index in [9.17, 15) is 4.79 Å². The number of carbonyl (C=O) groups excluding carboxylic acids is 1. The zero-order valence-electron chi connectivity index (χ0n) is 9.73. The van der Waals surface area contributed by atoms with Crippen molar-refractivity contribution in [2.75, 3.05) is 25.9 Å². The Hall–Kier alpha value is -0.710. The molecule has 1 fully saturated rings. The van der Waals surface area contributed by atoms with Crippen LogP contribution >= 0.6 is 24.2 Å².